The molecule has 1 aromatic rings. The van der Waals surface area contributed by atoms with Gasteiger partial charge in [0.2, 0.25) is 0 Å². The van der Waals surface area contributed by atoms with Crippen molar-refractivity contribution in [3.63, 3.8) is 0 Å². The lowest BCUT2D eigenvalue weighted by Gasteiger charge is -2.27. The Bertz CT molecular complexity index is 477. The van der Waals surface area contributed by atoms with E-state index >= 15 is 0 Å². The van der Waals surface area contributed by atoms with E-state index in [1.54, 1.807) is 6.33 Å². The number of aromatic nitrogens is 2. The molecule has 6 heteroatoms. The van der Waals surface area contributed by atoms with Crippen LogP contribution in [0.2, 0.25) is 0 Å². The summed E-state index contributed by atoms with van der Waals surface area (Å²) in [5.41, 5.74) is 0. The number of aliphatic hydroxyl groups excluding tert-OH is 1. The van der Waals surface area contributed by atoms with Crippen molar-refractivity contribution in [3.05, 3.63) is 12.4 Å². The van der Waals surface area contributed by atoms with Crippen LogP contribution in [0.5, 0.6) is 0 Å². The van der Waals surface area contributed by atoms with Crippen LogP contribution in [-0.2, 0) is 4.74 Å². The Labute approximate surface area is 131 Å². The molecule has 0 aliphatic carbocycles. The molecular weight excluding hydrogens is 280 g/mol. The molecule has 0 aromatic carbocycles. The molecule has 2 aliphatic heterocycles. The molecule has 6 nitrogen and oxygen atoms in total. The number of nitrogens with one attached hydrogen (secondary N) is 1. The van der Waals surface area contributed by atoms with Crippen molar-refractivity contribution < 1.29 is 9.84 Å². The molecule has 2 N–H and O–H groups in total. The van der Waals surface area contributed by atoms with Gasteiger partial charge in [-0.05, 0) is 39.0 Å². The fourth-order valence-corrected chi connectivity index (χ4v) is 3.42. The maximum atomic E-state index is 9.66. The van der Waals surface area contributed by atoms with Crippen molar-refractivity contribution in [2.45, 2.75) is 57.2 Å². The summed E-state index contributed by atoms with van der Waals surface area (Å²) in [7, 11) is 0. The van der Waals surface area contributed by atoms with Crippen LogP contribution in [-0.4, -0.2) is 53.0 Å². The number of aliphatic hydroxyl groups is 1. The zero-order valence-electron chi connectivity index (χ0n) is 13.2. The molecule has 22 heavy (non-hydrogen) atoms. The van der Waals surface area contributed by atoms with Gasteiger partial charge in [-0.1, -0.05) is 0 Å². The van der Waals surface area contributed by atoms with Crippen LogP contribution in [0.3, 0.4) is 0 Å². The zero-order chi connectivity index (χ0) is 15.4. The minimum atomic E-state index is -0.274. The Hall–Kier alpha value is -1.40. The van der Waals surface area contributed by atoms with E-state index in [2.05, 4.69) is 20.2 Å². The summed E-state index contributed by atoms with van der Waals surface area (Å²) < 4.78 is 5.50. The highest BCUT2D eigenvalue weighted by Crippen LogP contribution is 2.27. The molecule has 0 spiro atoms. The van der Waals surface area contributed by atoms with E-state index in [4.69, 9.17) is 4.74 Å². The molecule has 1 aromatic heterocycles. The average molecular weight is 306 g/mol. The lowest BCUT2D eigenvalue weighted by atomic mass is 10.1. The normalized spacial score (nSPS) is 26.9. The number of ether oxygens (including phenoxy) is 1. The summed E-state index contributed by atoms with van der Waals surface area (Å²) in [6.45, 7) is 4.46. The van der Waals surface area contributed by atoms with Crippen LogP contribution < -0.4 is 10.2 Å². The first kappa shape index (κ1) is 15.5. The van der Waals surface area contributed by atoms with Gasteiger partial charge in [-0.3, -0.25) is 0 Å². The van der Waals surface area contributed by atoms with Crippen LogP contribution in [0.4, 0.5) is 11.6 Å². The lowest BCUT2D eigenvalue weighted by Crippen LogP contribution is -2.33. The van der Waals surface area contributed by atoms with Gasteiger partial charge in [0.05, 0.1) is 18.8 Å². The van der Waals surface area contributed by atoms with Gasteiger partial charge in [0.1, 0.15) is 18.0 Å². The minimum absolute atomic E-state index is 0.274. The number of nitrogens with zero attached hydrogens (tertiary/aromatic N) is 3. The molecule has 122 valence electrons. The zero-order valence-corrected chi connectivity index (χ0v) is 13.2. The molecule has 3 rings (SSSR count). The Balaban J connectivity index is 1.67. The average Bonchev–Trinajstić information content (AvgIpc) is 2.96. The maximum absolute atomic E-state index is 9.66. The molecule has 3 atom stereocenters. The summed E-state index contributed by atoms with van der Waals surface area (Å²) in [6, 6.07) is 2.73. The van der Waals surface area contributed by atoms with E-state index in [9.17, 15) is 5.11 Å². The molecule has 2 aliphatic rings. The lowest BCUT2D eigenvalue weighted by molar-refractivity contribution is 0.0875. The first-order chi connectivity index (χ1) is 10.7. The van der Waals surface area contributed by atoms with Crippen LogP contribution in [0.1, 0.15) is 39.0 Å². The van der Waals surface area contributed by atoms with Gasteiger partial charge in [0.15, 0.2) is 0 Å². The SMILES string of the molecule is C[C@H](O)C[C@H]1CCCN1c1cc(N[C@H]2CCCOC2)ncn1. The van der Waals surface area contributed by atoms with E-state index in [1.165, 1.54) is 0 Å². The number of rotatable bonds is 5. The molecule has 0 unspecified atom stereocenters. The van der Waals surface area contributed by atoms with Crippen LogP contribution in [0.25, 0.3) is 0 Å². The molecule has 3 heterocycles. The van der Waals surface area contributed by atoms with Crippen molar-refractivity contribution in [1.82, 2.24) is 9.97 Å². The van der Waals surface area contributed by atoms with Gasteiger partial charge in [0, 0.05) is 25.3 Å². The van der Waals surface area contributed by atoms with Crippen molar-refractivity contribution >= 4 is 11.6 Å². The van der Waals surface area contributed by atoms with Gasteiger partial charge in [-0.2, -0.15) is 0 Å². The summed E-state index contributed by atoms with van der Waals surface area (Å²) in [4.78, 5) is 11.1. The van der Waals surface area contributed by atoms with Gasteiger partial charge >= 0.3 is 0 Å². The molecule has 2 fully saturated rings. The standard InChI is InChI=1S/C16H26N4O2/c1-12(21)8-14-5-2-6-20(14)16-9-15(17-11-18-16)19-13-4-3-7-22-10-13/h9,11-14,21H,2-8,10H2,1H3,(H,17,18,19)/t12-,13-,14+/m0/s1. The third-order valence-electron chi connectivity index (χ3n) is 4.45. The fourth-order valence-electron chi connectivity index (χ4n) is 3.42. The second kappa shape index (κ2) is 7.24. The number of hydrogen-bond donors (Lipinski definition) is 2. The largest absolute Gasteiger partial charge is 0.393 e. The smallest absolute Gasteiger partial charge is 0.134 e. The first-order valence-corrected chi connectivity index (χ1v) is 8.33. The molecule has 0 radical (unpaired) electrons. The summed E-state index contributed by atoms with van der Waals surface area (Å²) in [5.74, 6) is 1.82. The Kier molecular flexibility index (Phi) is 5.10. The van der Waals surface area contributed by atoms with E-state index in [1.807, 2.05) is 13.0 Å². The summed E-state index contributed by atoms with van der Waals surface area (Å²) in [5, 5.41) is 13.1. The van der Waals surface area contributed by atoms with Crippen LogP contribution >= 0.6 is 0 Å². The molecule has 0 bridgehead atoms. The molecular formula is C16H26N4O2. The van der Waals surface area contributed by atoms with Crippen molar-refractivity contribution in [3.8, 4) is 0 Å². The van der Waals surface area contributed by atoms with E-state index in [-0.39, 0.29) is 6.10 Å². The highest BCUT2D eigenvalue weighted by molar-refractivity contribution is 5.50. The van der Waals surface area contributed by atoms with Gasteiger partial charge in [-0.25, -0.2) is 9.97 Å². The van der Waals surface area contributed by atoms with E-state index in [0.29, 0.717) is 12.1 Å². The fraction of sp³-hybridized carbons (Fsp3) is 0.750. The predicted octanol–water partition coefficient (Wildman–Crippen LogP) is 1.81. The van der Waals surface area contributed by atoms with Crippen molar-refractivity contribution in [1.29, 1.82) is 0 Å². The van der Waals surface area contributed by atoms with E-state index in [0.717, 1.165) is 63.5 Å². The molecule has 0 amide bonds. The van der Waals surface area contributed by atoms with E-state index < -0.39 is 0 Å². The summed E-state index contributed by atoms with van der Waals surface area (Å²) >= 11 is 0. The molecule has 0 saturated carbocycles. The second-order valence-electron chi connectivity index (χ2n) is 6.39. The second-order valence-corrected chi connectivity index (χ2v) is 6.39. The monoisotopic (exact) mass is 306 g/mol. The minimum Gasteiger partial charge on any atom is -0.393 e. The third kappa shape index (κ3) is 3.87. The Morgan fingerprint density at radius 2 is 2.32 bits per heavy atom. The molecule has 2 saturated heterocycles. The van der Waals surface area contributed by atoms with Gasteiger partial charge in [-0.15, -0.1) is 0 Å². The number of hydrogen-bond acceptors (Lipinski definition) is 6. The summed E-state index contributed by atoms with van der Waals surface area (Å²) in [6.07, 6.45) is 6.63. The Morgan fingerprint density at radius 1 is 1.41 bits per heavy atom. The quantitative estimate of drug-likeness (QED) is 0.864. The predicted molar refractivity (Wildman–Crippen MR) is 86.2 cm³/mol. The number of anilines is 2. The van der Waals surface area contributed by atoms with Crippen molar-refractivity contribution in [2.75, 3.05) is 30.0 Å². The third-order valence-corrected chi connectivity index (χ3v) is 4.45. The van der Waals surface area contributed by atoms with Crippen molar-refractivity contribution in [2.24, 2.45) is 0 Å². The highest BCUT2D eigenvalue weighted by atomic mass is 16.5. The van der Waals surface area contributed by atoms with Gasteiger partial charge < -0.3 is 20.1 Å². The van der Waals surface area contributed by atoms with Crippen LogP contribution in [0, 0.1) is 0 Å². The van der Waals surface area contributed by atoms with Gasteiger partial charge in [0.25, 0.3) is 0 Å². The highest BCUT2D eigenvalue weighted by Gasteiger charge is 2.27. The topological polar surface area (TPSA) is 70.5 Å². The maximum Gasteiger partial charge on any atom is 0.134 e. The first-order valence-electron chi connectivity index (χ1n) is 8.33. The Morgan fingerprint density at radius 3 is 3.09 bits per heavy atom. The van der Waals surface area contributed by atoms with Crippen LogP contribution in [0.15, 0.2) is 12.4 Å².